The molecule has 6 nitrogen and oxygen atoms in total. The van der Waals surface area contributed by atoms with Crippen LogP contribution < -0.4 is 10.5 Å². The molecule has 4 aromatic rings. The molecule has 1 aromatic heterocycles. The lowest BCUT2D eigenvalue weighted by Gasteiger charge is -2.17. The number of fused-ring (bicyclic) bond motifs is 1. The van der Waals surface area contributed by atoms with Crippen LogP contribution in [0, 0.1) is 5.41 Å². The number of Topliss-reactive ketones (excluding diaryl/α,β-unsaturated/α-hetero) is 1. The molecule has 0 atom stereocenters. The zero-order valence-corrected chi connectivity index (χ0v) is 17.7. The Morgan fingerprint density at radius 3 is 2.00 bits per heavy atom. The second kappa shape index (κ2) is 8.62. The highest BCUT2D eigenvalue weighted by atomic mass is 35.5. The number of aromatic nitrogens is 2. The van der Waals surface area contributed by atoms with Gasteiger partial charge in [-0.05, 0) is 48.5 Å². The van der Waals surface area contributed by atoms with E-state index in [4.69, 9.17) is 17.0 Å². The molecule has 0 fully saturated rings. The third-order valence-electron chi connectivity index (χ3n) is 5.25. The fraction of sp³-hybridized carbons (Fsp3) is 0.125. The van der Waals surface area contributed by atoms with E-state index < -0.39 is 0 Å². The summed E-state index contributed by atoms with van der Waals surface area (Å²) in [5.41, 5.74) is 2.85. The number of imidazole rings is 1. The van der Waals surface area contributed by atoms with Crippen molar-refractivity contribution in [3.8, 4) is 0 Å². The van der Waals surface area contributed by atoms with Gasteiger partial charge in [-0.2, -0.15) is 0 Å². The summed E-state index contributed by atoms with van der Waals surface area (Å²) in [6.07, 6.45) is 0. The van der Waals surface area contributed by atoms with Crippen molar-refractivity contribution in [3.63, 3.8) is 0 Å². The number of halogens is 1. The molecule has 1 heterocycles. The normalized spacial score (nSPS) is 10.9. The molecular formula is C24H21ClN4O2. The van der Waals surface area contributed by atoms with Crippen molar-refractivity contribution in [2.45, 2.75) is 13.1 Å². The van der Waals surface area contributed by atoms with E-state index in [1.165, 1.54) is 0 Å². The van der Waals surface area contributed by atoms with Crippen molar-refractivity contribution in [3.05, 3.63) is 95.1 Å². The van der Waals surface area contributed by atoms with Crippen molar-refractivity contribution < 1.29 is 9.59 Å². The van der Waals surface area contributed by atoms with Gasteiger partial charge in [0.25, 0.3) is 0 Å². The van der Waals surface area contributed by atoms with Gasteiger partial charge in [-0.15, -0.1) is 0 Å². The van der Waals surface area contributed by atoms with Crippen LogP contribution >= 0.6 is 11.6 Å². The van der Waals surface area contributed by atoms with Crippen LogP contribution in [0.5, 0.6) is 0 Å². The monoisotopic (exact) mass is 432 g/mol. The zero-order chi connectivity index (χ0) is 22.0. The van der Waals surface area contributed by atoms with Crippen LogP contribution in [0.3, 0.4) is 0 Å². The minimum Gasteiger partial charge on any atom is -0.314 e. The quantitative estimate of drug-likeness (QED) is 0.465. The Labute approximate surface area is 184 Å². The number of ketones is 1. The summed E-state index contributed by atoms with van der Waals surface area (Å²) >= 11 is 5.92. The fourth-order valence-electron chi connectivity index (χ4n) is 3.52. The number of benzene rings is 3. The molecule has 0 aliphatic rings. The van der Waals surface area contributed by atoms with E-state index in [0.29, 0.717) is 10.6 Å². The molecule has 0 unspecified atom stereocenters. The lowest BCUT2D eigenvalue weighted by molar-refractivity contribution is -0.118. The fourth-order valence-corrected chi connectivity index (χ4v) is 3.65. The summed E-state index contributed by atoms with van der Waals surface area (Å²) in [5.74, 6) is -0.289. The van der Waals surface area contributed by atoms with Crippen LogP contribution in [0.25, 0.3) is 11.0 Å². The van der Waals surface area contributed by atoms with E-state index in [1.54, 1.807) is 45.3 Å². The maximum absolute atomic E-state index is 12.9. The van der Waals surface area contributed by atoms with Crippen molar-refractivity contribution in [2.75, 3.05) is 11.9 Å². The Balaban J connectivity index is 1.67. The molecule has 0 aliphatic heterocycles. The number of rotatable bonds is 6. The second-order valence-corrected chi connectivity index (χ2v) is 7.64. The third kappa shape index (κ3) is 4.15. The first kappa shape index (κ1) is 20.6. The van der Waals surface area contributed by atoms with Crippen LogP contribution in [-0.2, 0) is 17.9 Å². The number of para-hydroxylation sites is 3. The van der Waals surface area contributed by atoms with Crippen LogP contribution in [-0.4, -0.2) is 27.9 Å². The van der Waals surface area contributed by atoms with E-state index in [9.17, 15) is 9.59 Å². The molecule has 0 saturated carbocycles. The summed E-state index contributed by atoms with van der Waals surface area (Å²) in [6.45, 7) is -0.0103. The van der Waals surface area contributed by atoms with E-state index >= 15 is 0 Å². The number of hydrogen-bond donors (Lipinski definition) is 1. The molecule has 0 bridgehead atoms. The van der Waals surface area contributed by atoms with Gasteiger partial charge in [0.15, 0.2) is 5.78 Å². The largest absolute Gasteiger partial charge is 0.314 e. The lowest BCUT2D eigenvalue weighted by Crippen LogP contribution is -2.35. The van der Waals surface area contributed by atoms with Gasteiger partial charge in [0, 0.05) is 23.3 Å². The summed E-state index contributed by atoms with van der Waals surface area (Å²) in [7, 11) is 1.71. The molecule has 0 saturated heterocycles. The summed E-state index contributed by atoms with van der Waals surface area (Å²) < 4.78 is 3.26. The second-order valence-electron chi connectivity index (χ2n) is 7.20. The molecule has 4 rings (SSSR count). The molecule has 0 radical (unpaired) electrons. The number of carbonyl (C=O) groups is 2. The highest BCUT2D eigenvalue weighted by Gasteiger charge is 2.18. The van der Waals surface area contributed by atoms with Crippen molar-refractivity contribution >= 4 is 40.0 Å². The van der Waals surface area contributed by atoms with Gasteiger partial charge in [0.1, 0.15) is 6.54 Å². The highest BCUT2D eigenvalue weighted by molar-refractivity contribution is 6.30. The van der Waals surface area contributed by atoms with Gasteiger partial charge in [0.2, 0.25) is 11.5 Å². The SMILES string of the molecule is CN(C(=O)Cn1c(=N)n(CC(=O)c2ccc(Cl)cc2)c2ccccc21)c1ccccc1. The van der Waals surface area contributed by atoms with E-state index in [2.05, 4.69) is 0 Å². The number of likely N-dealkylation sites (N-methyl/N-ethyl adjacent to an activating group) is 1. The average molecular weight is 433 g/mol. The minimum absolute atomic E-state index is 0.00328. The molecule has 156 valence electrons. The van der Waals surface area contributed by atoms with Gasteiger partial charge in [-0.1, -0.05) is 41.9 Å². The number of hydrogen-bond acceptors (Lipinski definition) is 3. The third-order valence-corrected chi connectivity index (χ3v) is 5.51. The van der Waals surface area contributed by atoms with E-state index in [1.807, 2.05) is 54.6 Å². The first-order chi connectivity index (χ1) is 15.0. The molecule has 7 heteroatoms. The van der Waals surface area contributed by atoms with Gasteiger partial charge in [-0.3, -0.25) is 15.0 Å². The van der Waals surface area contributed by atoms with E-state index in [0.717, 1.165) is 16.7 Å². The first-order valence-corrected chi connectivity index (χ1v) is 10.2. The Bertz CT molecular complexity index is 1310. The number of amides is 1. The summed E-state index contributed by atoms with van der Waals surface area (Å²) in [5, 5.41) is 9.24. The first-order valence-electron chi connectivity index (χ1n) is 9.79. The molecule has 1 N–H and O–H groups in total. The Morgan fingerprint density at radius 2 is 1.39 bits per heavy atom. The maximum Gasteiger partial charge on any atom is 0.246 e. The topological polar surface area (TPSA) is 71.1 Å². The van der Waals surface area contributed by atoms with E-state index in [-0.39, 0.29) is 30.4 Å². The standard InChI is InChI=1S/C24H21ClN4O2/c1-27(19-7-3-2-4-8-19)23(31)16-29-21-10-6-5-9-20(21)28(24(29)26)15-22(30)17-11-13-18(25)14-12-17/h2-14,26H,15-16H2,1H3. The molecule has 31 heavy (non-hydrogen) atoms. The number of anilines is 1. The predicted octanol–water partition coefficient (Wildman–Crippen LogP) is 4.12. The molecule has 3 aromatic carbocycles. The smallest absolute Gasteiger partial charge is 0.246 e. The molecule has 1 amide bonds. The summed E-state index contributed by atoms with van der Waals surface area (Å²) in [4.78, 5) is 27.3. The lowest BCUT2D eigenvalue weighted by atomic mass is 10.1. The van der Waals surface area contributed by atoms with Crippen molar-refractivity contribution in [1.29, 1.82) is 5.41 Å². The minimum atomic E-state index is -0.156. The maximum atomic E-state index is 12.9. The van der Waals surface area contributed by atoms with Gasteiger partial charge in [-0.25, -0.2) is 0 Å². The van der Waals surface area contributed by atoms with Crippen LogP contribution in [0.4, 0.5) is 5.69 Å². The molecule has 0 spiro atoms. The average Bonchev–Trinajstić information content (AvgIpc) is 3.05. The Morgan fingerprint density at radius 1 is 0.839 bits per heavy atom. The van der Waals surface area contributed by atoms with Crippen LogP contribution in [0.15, 0.2) is 78.9 Å². The van der Waals surface area contributed by atoms with Crippen LogP contribution in [0.1, 0.15) is 10.4 Å². The van der Waals surface area contributed by atoms with Gasteiger partial charge >= 0.3 is 0 Å². The zero-order valence-electron chi connectivity index (χ0n) is 17.0. The number of nitrogens with zero attached hydrogens (tertiary/aromatic N) is 3. The van der Waals surface area contributed by atoms with Gasteiger partial charge < -0.3 is 14.0 Å². The highest BCUT2D eigenvalue weighted by Crippen LogP contribution is 2.17. The van der Waals surface area contributed by atoms with Crippen molar-refractivity contribution in [1.82, 2.24) is 9.13 Å². The van der Waals surface area contributed by atoms with Gasteiger partial charge in [0.05, 0.1) is 17.6 Å². The Hall–Kier alpha value is -3.64. The predicted molar refractivity (Wildman–Crippen MR) is 121 cm³/mol. The number of carbonyl (C=O) groups excluding carboxylic acids is 2. The molecular weight excluding hydrogens is 412 g/mol. The number of nitrogens with one attached hydrogen (secondary N) is 1. The van der Waals surface area contributed by atoms with Crippen LogP contribution in [0.2, 0.25) is 5.02 Å². The Kier molecular flexibility index (Phi) is 5.73. The van der Waals surface area contributed by atoms with Crippen molar-refractivity contribution in [2.24, 2.45) is 0 Å². The summed E-state index contributed by atoms with van der Waals surface area (Å²) in [6, 6.07) is 23.5. The molecule has 0 aliphatic carbocycles.